The number of nitrogens with one attached hydrogen (secondary N) is 1. The van der Waals surface area contributed by atoms with Gasteiger partial charge in [-0.3, -0.25) is 9.35 Å². The Bertz CT molecular complexity index is 563. The second-order valence-electron chi connectivity index (χ2n) is 3.81. The summed E-state index contributed by atoms with van der Waals surface area (Å²) >= 11 is 12.0. The predicted molar refractivity (Wildman–Crippen MR) is 74.6 cm³/mol. The maximum Gasteiger partial charge on any atom is 0.266 e. The summed E-state index contributed by atoms with van der Waals surface area (Å²) in [5.74, 6) is -1.05. The Labute approximate surface area is 121 Å². The number of carbonyl (C=O) groups excluding carboxylic acids is 1. The molecular formula is C11H13Cl2NO4S. The molecule has 0 saturated heterocycles. The van der Waals surface area contributed by atoms with E-state index in [1.807, 2.05) is 6.92 Å². The van der Waals surface area contributed by atoms with E-state index in [0.29, 0.717) is 16.5 Å². The lowest BCUT2D eigenvalue weighted by Crippen LogP contribution is -2.28. The van der Waals surface area contributed by atoms with Crippen LogP contribution in [0.3, 0.4) is 0 Å². The van der Waals surface area contributed by atoms with Crippen molar-refractivity contribution in [3.63, 3.8) is 0 Å². The Morgan fingerprint density at radius 1 is 1.32 bits per heavy atom. The van der Waals surface area contributed by atoms with Crippen molar-refractivity contribution in [2.24, 2.45) is 0 Å². The van der Waals surface area contributed by atoms with Crippen molar-refractivity contribution in [2.45, 2.75) is 13.3 Å². The fourth-order valence-electron chi connectivity index (χ4n) is 1.47. The molecule has 0 atom stereocenters. The molecule has 1 amide bonds. The fourth-order valence-corrected chi connectivity index (χ4v) is 2.58. The number of amides is 1. The van der Waals surface area contributed by atoms with Gasteiger partial charge in [0.1, 0.15) is 0 Å². The van der Waals surface area contributed by atoms with Crippen LogP contribution in [0.4, 0.5) is 0 Å². The molecule has 0 fully saturated rings. The maximum absolute atomic E-state index is 11.7. The largest absolute Gasteiger partial charge is 0.351 e. The molecule has 0 bridgehead atoms. The van der Waals surface area contributed by atoms with E-state index in [-0.39, 0.29) is 12.1 Å². The highest BCUT2D eigenvalue weighted by atomic mass is 35.5. The van der Waals surface area contributed by atoms with Crippen LogP contribution in [-0.4, -0.2) is 31.2 Å². The van der Waals surface area contributed by atoms with E-state index >= 15 is 0 Å². The van der Waals surface area contributed by atoms with Crippen LogP contribution >= 0.6 is 23.2 Å². The van der Waals surface area contributed by atoms with Gasteiger partial charge in [0.25, 0.3) is 16.0 Å². The van der Waals surface area contributed by atoms with Crippen molar-refractivity contribution < 1.29 is 17.8 Å². The first-order valence-corrected chi connectivity index (χ1v) is 7.82. The van der Waals surface area contributed by atoms with E-state index in [1.54, 1.807) is 0 Å². The van der Waals surface area contributed by atoms with Gasteiger partial charge in [-0.1, -0.05) is 30.1 Å². The normalized spacial score (nSPS) is 11.4. The van der Waals surface area contributed by atoms with Crippen molar-refractivity contribution in [1.82, 2.24) is 5.32 Å². The molecule has 1 rings (SSSR count). The SMILES string of the molecule is CCc1c(Cl)cc(C(=O)NCCS(=O)(=O)O)cc1Cl. The lowest BCUT2D eigenvalue weighted by Gasteiger charge is -2.08. The zero-order chi connectivity index (χ0) is 14.6. The van der Waals surface area contributed by atoms with Crippen LogP contribution in [0.5, 0.6) is 0 Å². The van der Waals surface area contributed by atoms with Crippen molar-refractivity contribution in [3.05, 3.63) is 33.3 Å². The molecule has 1 aromatic rings. The van der Waals surface area contributed by atoms with Gasteiger partial charge in [0.05, 0.1) is 5.75 Å². The van der Waals surface area contributed by atoms with Gasteiger partial charge >= 0.3 is 0 Å². The van der Waals surface area contributed by atoms with Gasteiger partial charge in [0, 0.05) is 22.2 Å². The molecule has 2 N–H and O–H groups in total. The number of carbonyl (C=O) groups is 1. The summed E-state index contributed by atoms with van der Waals surface area (Å²) in [7, 11) is -4.10. The molecule has 0 heterocycles. The lowest BCUT2D eigenvalue weighted by molar-refractivity contribution is 0.0956. The molecule has 8 heteroatoms. The third-order valence-electron chi connectivity index (χ3n) is 2.40. The summed E-state index contributed by atoms with van der Waals surface area (Å²) in [5, 5.41) is 3.12. The molecule has 0 aromatic heterocycles. The van der Waals surface area contributed by atoms with Crippen molar-refractivity contribution in [1.29, 1.82) is 0 Å². The van der Waals surface area contributed by atoms with Gasteiger partial charge in [-0.2, -0.15) is 8.42 Å². The molecule has 0 aliphatic heterocycles. The third-order valence-corrected chi connectivity index (χ3v) is 3.80. The first-order valence-electron chi connectivity index (χ1n) is 5.46. The molecule has 5 nitrogen and oxygen atoms in total. The molecular weight excluding hydrogens is 313 g/mol. The highest BCUT2D eigenvalue weighted by Crippen LogP contribution is 2.26. The predicted octanol–water partition coefficient (Wildman–Crippen LogP) is 2.17. The van der Waals surface area contributed by atoms with Crippen LogP contribution in [0.1, 0.15) is 22.8 Å². The van der Waals surface area contributed by atoms with Crippen LogP contribution in [0.15, 0.2) is 12.1 Å². The van der Waals surface area contributed by atoms with Gasteiger partial charge in [-0.25, -0.2) is 0 Å². The summed E-state index contributed by atoms with van der Waals surface area (Å²) in [6.07, 6.45) is 0.641. The first-order chi connectivity index (χ1) is 8.74. The van der Waals surface area contributed by atoms with Crippen LogP contribution in [0, 0.1) is 0 Å². The van der Waals surface area contributed by atoms with Crippen molar-refractivity contribution >= 4 is 39.2 Å². The number of hydrogen-bond acceptors (Lipinski definition) is 3. The van der Waals surface area contributed by atoms with Crippen LogP contribution in [0.2, 0.25) is 10.0 Å². The summed E-state index contributed by atoms with van der Waals surface area (Å²) < 4.78 is 29.5. The Balaban J connectivity index is 2.78. The minimum atomic E-state index is -4.10. The summed E-state index contributed by atoms with van der Waals surface area (Å²) in [6, 6.07) is 2.93. The van der Waals surface area contributed by atoms with Crippen molar-refractivity contribution in [2.75, 3.05) is 12.3 Å². The molecule has 1 aromatic carbocycles. The smallest absolute Gasteiger partial charge is 0.266 e. The van der Waals surface area contributed by atoms with Gasteiger partial charge in [0.2, 0.25) is 0 Å². The number of halogens is 2. The third kappa shape index (κ3) is 4.99. The van der Waals surface area contributed by atoms with Crippen molar-refractivity contribution in [3.8, 4) is 0 Å². The maximum atomic E-state index is 11.7. The van der Waals surface area contributed by atoms with Crippen LogP contribution in [-0.2, 0) is 16.5 Å². The minimum Gasteiger partial charge on any atom is -0.351 e. The minimum absolute atomic E-state index is 0.192. The average Bonchev–Trinajstić information content (AvgIpc) is 2.26. The zero-order valence-electron chi connectivity index (χ0n) is 10.1. The second-order valence-corrected chi connectivity index (χ2v) is 6.20. The molecule has 0 aliphatic rings. The highest BCUT2D eigenvalue weighted by molar-refractivity contribution is 7.85. The standard InChI is InChI=1S/C11H13Cl2NO4S/c1-2-8-9(12)5-7(6-10(8)13)11(15)14-3-4-19(16,17)18/h5-6H,2-4H2,1H3,(H,14,15)(H,16,17,18). The zero-order valence-corrected chi connectivity index (χ0v) is 12.4. The number of hydrogen-bond donors (Lipinski definition) is 2. The lowest BCUT2D eigenvalue weighted by atomic mass is 10.1. The summed E-state index contributed by atoms with van der Waals surface area (Å²) in [4.78, 5) is 11.7. The van der Waals surface area contributed by atoms with E-state index in [9.17, 15) is 13.2 Å². The van der Waals surface area contributed by atoms with Crippen LogP contribution < -0.4 is 5.32 Å². The second kappa shape index (κ2) is 6.56. The number of rotatable bonds is 5. The topological polar surface area (TPSA) is 83.5 Å². The highest BCUT2D eigenvalue weighted by Gasteiger charge is 2.12. The molecule has 106 valence electrons. The monoisotopic (exact) mass is 325 g/mol. The summed E-state index contributed by atoms with van der Waals surface area (Å²) in [6.45, 7) is 1.70. The Morgan fingerprint density at radius 3 is 2.26 bits per heavy atom. The Morgan fingerprint density at radius 2 is 1.84 bits per heavy atom. The van der Waals surface area contributed by atoms with E-state index in [1.165, 1.54) is 12.1 Å². The van der Waals surface area contributed by atoms with Gasteiger partial charge in [-0.05, 0) is 24.1 Å². The molecule has 0 unspecified atom stereocenters. The van der Waals surface area contributed by atoms with E-state index in [4.69, 9.17) is 27.8 Å². The fraction of sp³-hybridized carbons (Fsp3) is 0.364. The molecule has 0 saturated carbocycles. The van der Waals surface area contributed by atoms with E-state index in [2.05, 4.69) is 5.32 Å². The Hall–Kier alpha value is -0.820. The van der Waals surface area contributed by atoms with Crippen LogP contribution in [0.25, 0.3) is 0 Å². The molecule has 0 aliphatic carbocycles. The summed E-state index contributed by atoms with van der Waals surface area (Å²) in [5.41, 5.74) is 0.986. The average molecular weight is 326 g/mol. The van der Waals surface area contributed by atoms with Gasteiger partial charge in [0.15, 0.2) is 0 Å². The quantitative estimate of drug-likeness (QED) is 0.813. The molecule has 0 radical (unpaired) electrons. The Kier molecular flexibility index (Phi) is 5.61. The first kappa shape index (κ1) is 16.2. The number of benzene rings is 1. The molecule has 19 heavy (non-hydrogen) atoms. The molecule has 0 spiro atoms. The van der Waals surface area contributed by atoms with Gasteiger partial charge < -0.3 is 5.32 Å². The van der Waals surface area contributed by atoms with Gasteiger partial charge in [-0.15, -0.1) is 0 Å². The van der Waals surface area contributed by atoms with E-state index < -0.39 is 21.8 Å². The van der Waals surface area contributed by atoms with E-state index in [0.717, 1.165) is 5.56 Å².